The molecule has 3 rings (SSSR count). The van der Waals surface area contributed by atoms with Crippen LogP contribution in [0, 0.1) is 13.8 Å². The van der Waals surface area contributed by atoms with Crippen LogP contribution >= 0.6 is 0 Å². The van der Waals surface area contributed by atoms with E-state index in [0.717, 1.165) is 30.9 Å². The first-order valence-corrected chi connectivity index (χ1v) is 6.75. The van der Waals surface area contributed by atoms with Crippen LogP contribution in [0.3, 0.4) is 0 Å². The van der Waals surface area contributed by atoms with Crippen LogP contribution in [0.4, 0.5) is 11.4 Å². The zero-order valence-corrected chi connectivity index (χ0v) is 11.7. The Kier molecular flexibility index (Phi) is 2.93. The Hall–Kier alpha value is -1.97. The van der Waals surface area contributed by atoms with Gasteiger partial charge >= 0.3 is 0 Å². The minimum absolute atomic E-state index is 0.837. The maximum absolute atomic E-state index is 4.43. The molecule has 100 valence electrons. The fraction of sp³-hybridized carbons (Fsp3) is 0.400. The van der Waals surface area contributed by atoms with E-state index >= 15 is 0 Å². The summed E-state index contributed by atoms with van der Waals surface area (Å²) in [6, 6.07) is 6.54. The SMILES string of the molecule is Cc1nn(C)c(C)c1NCc1cccc2c1NCC2. The lowest BCUT2D eigenvalue weighted by molar-refractivity contribution is 0.731. The maximum Gasteiger partial charge on any atom is 0.0827 e. The molecule has 1 aromatic carbocycles. The molecular weight excluding hydrogens is 236 g/mol. The number of anilines is 2. The summed E-state index contributed by atoms with van der Waals surface area (Å²) in [5.74, 6) is 0. The van der Waals surface area contributed by atoms with Crippen molar-refractivity contribution in [2.45, 2.75) is 26.8 Å². The van der Waals surface area contributed by atoms with Gasteiger partial charge in [-0.15, -0.1) is 0 Å². The molecular formula is C15H20N4. The van der Waals surface area contributed by atoms with E-state index in [1.807, 2.05) is 18.7 Å². The standard InChI is InChI=1S/C15H20N4/c1-10-14(11(2)19(3)18-10)17-9-13-6-4-5-12-7-8-16-15(12)13/h4-6,16-17H,7-9H2,1-3H3. The average molecular weight is 256 g/mol. The third-order valence-electron chi connectivity index (χ3n) is 3.90. The van der Waals surface area contributed by atoms with Crippen LogP contribution in [0.1, 0.15) is 22.5 Å². The lowest BCUT2D eigenvalue weighted by atomic mass is 10.1. The second kappa shape index (κ2) is 4.61. The highest BCUT2D eigenvalue weighted by atomic mass is 15.3. The number of benzene rings is 1. The van der Waals surface area contributed by atoms with E-state index in [2.05, 4.69) is 40.9 Å². The van der Waals surface area contributed by atoms with Crippen LogP contribution < -0.4 is 10.6 Å². The summed E-state index contributed by atoms with van der Waals surface area (Å²) in [4.78, 5) is 0. The summed E-state index contributed by atoms with van der Waals surface area (Å²) in [5.41, 5.74) is 7.46. The highest BCUT2D eigenvalue weighted by Gasteiger charge is 2.14. The first-order valence-electron chi connectivity index (χ1n) is 6.75. The molecule has 1 aromatic heterocycles. The van der Waals surface area contributed by atoms with E-state index in [4.69, 9.17) is 0 Å². The average Bonchev–Trinajstić information content (AvgIpc) is 2.95. The van der Waals surface area contributed by atoms with Gasteiger partial charge in [-0.1, -0.05) is 18.2 Å². The number of aromatic nitrogens is 2. The van der Waals surface area contributed by atoms with Gasteiger partial charge < -0.3 is 10.6 Å². The predicted octanol–water partition coefficient (Wildman–Crippen LogP) is 2.62. The van der Waals surface area contributed by atoms with Gasteiger partial charge in [-0.05, 0) is 31.4 Å². The number of hydrogen-bond donors (Lipinski definition) is 2. The van der Waals surface area contributed by atoms with Gasteiger partial charge in [0.2, 0.25) is 0 Å². The third-order valence-corrected chi connectivity index (χ3v) is 3.90. The molecule has 2 heterocycles. The van der Waals surface area contributed by atoms with Crippen LogP contribution in [-0.2, 0) is 20.0 Å². The van der Waals surface area contributed by atoms with Crippen LogP contribution in [-0.4, -0.2) is 16.3 Å². The first kappa shape index (κ1) is 12.1. The molecule has 0 aliphatic carbocycles. The molecule has 1 aliphatic rings. The van der Waals surface area contributed by atoms with E-state index in [1.165, 1.54) is 22.5 Å². The van der Waals surface area contributed by atoms with Gasteiger partial charge in [-0.3, -0.25) is 4.68 Å². The van der Waals surface area contributed by atoms with Crippen molar-refractivity contribution in [2.24, 2.45) is 7.05 Å². The molecule has 0 fully saturated rings. The Bertz CT molecular complexity index is 613. The van der Waals surface area contributed by atoms with Crippen molar-refractivity contribution in [3.63, 3.8) is 0 Å². The highest BCUT2D eigenvalue weighted by Crippen LogP contribution is 2.27. The van der Waals surface area contributed by atoms with Crippen LogP contribution in [0.15, 0.2) is 18.2 Å². The van der Waals surface area contributed by atoms with Crippen molar-refractivity contribution < 1.29 is 0 Å². The normalized spacial score (nSPS) is 13.2. The summed E-state index contributed by atoms with van der Waals surface area (Å²) >= 11 is 0. The fourth-order valence-electron chi connectivity index (χ4n) is 2.77. The Morgan fingerprint density at radius 3 is 2.95 bits per heavy atom. The van der Waals surface area contributed by atoms with E-state index in [0.29, 0.717) is 0 Å². The number of nitrogens with zero attached hydrogens (tertiary/aromatic N) is 2. The minimum Gasteiger partial charge on any atom is -0.384 e. The minimum atomic E-state index is 0.837. The van der Waals surface area contributed by atoms with E-state index in [-0.39, 0.29) is 0 Å². The molecule has 19 heavy (non-hydrogen) atoms. The number of hydrogen-bond acceptors (Lipinski definition) is 3. The van der Waals surface area contributed by atoms with Crippen molar-refractivity contribution in [1.29, 1.82) is 0 Å². The summed E-state index contributed by atoms with van der Waals surface area (Å²) < 4.78 is 1.92. The second-order valence-electron chi connectivity index (χ2n) is 5.15. The first-order chi connectivity index (χ1) is 9.16. The number of para-hydroxylation sites is 1. The van der Waals surface area contributed by atoms with E-state index in [9.17, 15) is 0 Å². The van der Waals surface area contributed by atoms with Crippen molar-refractivity contribution in [1.82, 2.24) is 9.78 Å². The highest BCUT2D eigenvalue weighted by molar-refractivity contribution is 5.62. The van der Waals surface area contributed by atoms with Crippen LogP contribution in [0.2, 0.25) is 0 Å². The molecule has 0 radical (unpaired) electrons. The maximum atomic E-state index is 4.43. The Labute approximate surface area is 113 Å². The summed E-state index contributed by atoms with van der Waals surface area (Å²) in [7, 11) is 1.98. The predicted molar refractivity (Wildman–Crippen MR) is 78.6 cm³/mol. The second-order valence-corrected chi connectivity index (χ2v) is 5.15. The smallest absolute Gasteiger partial charge is 0.0827 e. The van der Waals surface area contributed by atoms with E-state index < -0.39 is 0 Å². The van der Waals surface area contributed by atoms with Gasteiger partial charge in [0.25, 0.3) is 0 Å². The van der Waals surface area contributed by atoms with Crippen LogP contribution in [0.25, 0.3) is 0 Å². The molecule has 2 aromatic rings. The Balaban J connectivity index is 1.82. The number of rotatable bonds is 3. The van der Waals surface area contributed by atoms with Gasteiger partial charge in [-0.2, -0.15) is 5.10 Å². The summed E-state index contributed by atoms with van der Waals surface area (Å²) in [6.07, 6.45) is 1.13. The topological polar surface area (TPSA) is 41.9 Å². The monoisotopic (exact) mass is 256 g/mol. The van der Waals surface area contributed by atoms with Crippen LogP contribution in [0.5, 0.6) is 0 Å². The molecule has 1 aliphatic heterocycles. The van der Waals surface area contributed by atoms with E-state index in [1.54, 1.807) is 0 Å². The fourth-order valence-corrected chi connectivity index (χ4v) is 2.77. The Morgan fingerprint density at radius 1 is 1.37 bits per heavy atom. The summed E-state index contributed by atoms with van der Waals surface area (Å²) in [6.45, 7) is 6.03. The van der Waals surface area contributed by atoms with Gasteiger partial charge in [0.15, 0.2) is 0 Å². The van der Waals surface area contributed by atoms with Crippen molar-refractivity contribution in [3.8, 4) is 0 Å². The lowest BCUT2D eigenvalue weighted by Gasteiger charge is -2.11. The number of aryl methyl sites for hydroxylation is 2. The van der Waals surface area contributed by atoms with Gasteiger partial charge in [0.05, 0.1) is 17.1 Å². The molecule has 0 unspecified atom stereocenters. The molecule has 2 N–H and O–H groups in total. The van der Waals surface area contributed by atoms with Gasteiger partial charge in [0, 0.05) is 25.8 Å². The van der Waals surface area contributed by atoms with Gasteiger partial charge in [-0.25, -0.2) is 0 Å². The molecule has 0 spiro atoms. The zero-order valence-electron chi connectivity index (χ0n) is 11.7. The molecule has 0 atom stereocenters. The zero-order chi connectivity index (χ0) is 13.4. The van der Waals surface area contributed by atoms with Crippen molar-refractivity contribution in [3.05, 3.63) is 40.7 Å². The molecule has 0 bridgehead atoms. The summed E-state index contributed by atoms with van der Waals surface area (Å²) in [5, 5.41) is 11.4. The lowest BCUT2D eigenvalue weighted by Crippen LogP contribution is -2.04. The largest absolute Gasteiger partial charge is 0.384 e. The van der Waals surface area contributed by atoms with Gasteiger partial charge in [0.1, 0.15) is 0 Å². The molecule has 4 heteroatoms. The molecule has 0 saturated heterocycles. The Morgan fingerprint density at radius 2 is 2.21 bits per heavy atom. The van der Waals surface area contributed by atoms with Crippen molar-refractivity contribution >= 4 is 11.4 Å². The van der Waals surface area contributed by atoms with Crippen molar-refractivity contribution in [2.75, 3.05) is 17.2 Å². The molecule has 0 saturated carbocycles. The number of nitrogens with one attached hydrogen (secondary N) is 2. The third kappa shape index (κ3) is 2.07. The quantitative estimate of drug-likeness (QED) is 0.887. The molecule has 4 nitrogen and oxygen atoms in total. The molecule has 0 amide bonds. The number of fused-ring (bicyclic) bond motifs is 1.